The number of benzene rings is 1. The van der Waals surface area contributed by atoms with Crippen LogP contribution in [-0.4, -0.2) is 40.2 Å². The lowest BCUT2D eigenvalue weighted by Gasteiger charge is -2.21. The Bertz CT molecular complexity index is 829. The molecule has 1 atom stereocenters. The molecule has 2 heterocycles. The van der Waals surface area contributed by atoms with Crippen LogP contribution in [0.4, 0.5) is 19.3 Å². The number of carbonyl (C=O) groups is 1. The molecule has 2 aromatic rings. The van der Waals surface area contributed by atoms with Crippen molar-refractivity contribution in [2.24, 2.45) is 5.41 Å². The average molecular weight is 363 g/mol. The van der Waals surface area contributed by atoms with Gasteiger partial charge in [-0.2, -0.15) is 0 Å². The van der Waals surface area contributed by atoms with Gasteiger partial charge in [0.2, 0.25) is 5.88 Å². The first-order valence-corrected chi connectivity index (χ1v) is 8.07. The zero-order chi connectivity index (χ0) is 18.9. The minimum Gasteiger partial charge on any atom is -0.436 e. The summed E-state index contributed by atoms with van der Waals surface area (Å²) in [6.45, 7) is 4.45. The van der Waals surface area contributed by atoms with Gasteiger partial charge >= 0.3 is 6.03 Å². The minimum absolute atomic E-state index is 0.0510. The molecule has 8 heteroatoms. The highest BCUT2D eigenvalue weighted by molar-refractivity contribution is 5.89. The second-order valence-electron chi connectivity index (χ2n) is 6.87. The van der Waals surface area contributed by atoms with Crippen LogP contribution in [0.25, 0.3) is 0 Å². The second-order valence-corrected chi connectivity index (χ2v) is 6.87. The summed E-state index contributed by atoms with van der Waals surface area (Å²) in [5.41, 5.74) is 0.0333. The molecule has 0 aliphatic carbocycles. The van der Waals surface area contributed by atoms with E-state index in [-0.39, 0.29) is 29.6 Å². The molecule has 0 radical (unpaired) electrons. The number of anilines is 1. The van der Waals surface area contributed by atoms with Crippen molar-refractivity contribution in [3.63, 3.8) is 0 Å². The van der Waals surface area contributed by atoms with Crippen molar-refractivity contribution < 1.29 is 23.4 Å². The zero-order valence-electron chi connectivity index (χ0n) is 14.4. The van der Waals surface area contributed by atoms with E-state index in [1.165, 1.54) is 17.2 Å². The molecule has 0 saturated carbocycles. The van der Waals surface area contributed by atoms with Crippen molar-refractivity contribution in [2.75, 3.05) is 18.4 Å². The molecule has 1 aliphatic heterocycles. The lowest BCUT2D eigenvalue weighted by Crippen LogP contribution is -2.34. The van der Waals surface area contributed by atoms with Crippen molar-refractivity contribution in [3.05, 3.63) is 48.2 Å². The fourth-order valence-electron chi connectivity index (χ4n) is 2.69. The fourth-order valence-corrected chi connectivity index (χ4v) is 2.69. The third-order valence-electron chi connectivity index (χ3n) is 4.28. The fraction of sp³-hybridized carbons (Fsp3) is 0.333. The second kappa shape index (κ2) is 6.87. The van der Waals surface area contributed by atoms with E-state index in [0.29, 0.717) is 18.3 Å². The summed E-state index contributed by atoms with van der Waals surface area (Å²) in [6.07, 6.45) is 0.806. The number of aliphatic hydroxyl groups excluding tert-OH is 1. The van der Waals surface area contributed by atoms with E-state index in [1.54, 1.807) is 6.07 Å². The van der Waals surface area contributed by atoms with Crippen LogP contribution in [0.1, 0.15) is 13.8 Å². The number of nitrogens with zero attached hydrogens (tertiary/aromatic N) is 2. The first-order chi connectivity index (χ1) is 12.2. The van der Waals surface area contributed by atoms with Crippen LogP contribution < -0.4 is 10.1 Å². The Kier molecular flexibility index (Phi) is 4.78. The maximum absolute atomic E-state index is 13.7. The van der Waals surface area contributed by atoms with Gasteiger partial charge in [-0.3, -0.25) is 0 Å². The highest BCUT2D eigenvalue weighted by Gasteiger charge is 2.40. The SMILES string of the molecule is CC1(C)CN(C(=O)Nc2ccnc(Oc3ccc(F)cc3F)c2)C[C@@H]1O. The van der Waals surface area contributed by atoms with Crippen LogP contribution in [0.5, 0.6) is 11.6 Å². The number of nitrogens with one attached hydrogen (secondary N) is 1. The number of aromatic nitrogens is 1. The smallest absolute Gasteiger partial charge is 0.321 e. The Morgan fingerprint density at radius 2 is 2.12 bits per heavy atom. The molecule has 1 aromatic heterocycles. The molecule has 1 aliphatic rings. The maximum Gasteiger partial charge on any atom is 0.321 e. The highest BCUT2D eigenvalue weighted by Crippen LogP contribution is 2.30. The van der Waals surface area contributed by atoms with Gasteiger partial charge in [0.25, 0.3) is 0 Å². The Morgan fingerprint density at radius 1 is 1.35 bits per heavy atom. The summed E-state index contributed by atoms with van der Waals surface area (Å²) in [5, 5.41) is 12.7. The lowest BCUT2D eigenvalue weighted by atomic mass is 9.90. The van der Waals surface area contributed by atoms with E-state index < -0.39 is 17.7 Å². The number of likely N-dealkylation sites (tertiary alicyclic amines) is 1. The number of aliphatic hydroxyl groups is 1. The van der Waals surface area contributed by atoms with Crippen LogP contribution in [0, 0.1) is 17.0 Å². The summed E-state index contributed by atoms with van der Waals surface area (Å²) >= 11 is 0. The van der Waals surface area contributed by atoms with E-state index in [0.717, 1.165) is 12.1 Å². The Balaban J connectivity index is 1.69. The van der Waals surface area contributed by atoms with Crippen molar-refractivity contribution in [2.45, 2.75) is 20.0 Å². The minimum atomic E-state index is -0.852. The predicted octanol–water partition coefficient (Wildman–Crippen LogP) is 3.39. The van der Waals surface area contributed by atoms with E-state index in [1.807, 2.05) is 13.8 Å². The molecule has 2 amide bonds. The third-order valence-corrected chi connectivity index (χ3v) is 4.28. The molecular formula is C18H19F2N3O3. The molecule has 1 fully saturated rings. The molecule has 0 bridgehead atoms. The Labute approximate surface area is 149 Å². The quantitative estimate of drug-likeness (QED) is 0.877. The van der Waals surface area contributed by atoms with Crippen LogP contribution in [0.15, 0.2) is 36.5 Å². The number of rotatable bonds is 3. The molecule has 6 nitrogen and oxygen atoms in total. The topological polar surface area (TPSA) is 74.7 Å². The van der Waals surface area contributed by atoms with Gasteiger partial charge in [0, 0.05) is 42.5 Å². The van der Waals surface area contributed by atoms with E-state index >= 15 is 0 Å². The first kappa shape index (κ1) is 18.1. The van der Waals surface area contributed by atoms with E-state index in [2.05, 4.69) is 10.3 Å². The molecular weight excluding hydrogens is 344 g/mol. The molecule has 1 saturated heterocycles. The van der Waals surface area contributed by atoms with Gasteiger partial charge < -0.3 is 20.1 Å². The molecule has 1 aromatic carbocycles. The number of hydrogen-bond donors (Lipinski definition) is 2. The van der Waals surface area contributed by atoms with Crippen LogP contribution in [0.2, 0.25) is 0 Å². The Morgan fingerprint density at radius 3 is 2.77 bits per heavy atom. The number of urea groups is 1. The average Bonchev–Trinajstić information content (AvgIpc) is 2.84. The first-order valence-electron chi connectivity index (χ1n) is 8.07. The van der Waals surface area contributed by atoms with Crippen LogP contribution in [-0.2, 0) is 0 Å². The largest absolute Gasteiger partial charge is 0.436 e. The molecule has 2 N–H and O–H groups in total. The summed E-state index contributed by atoms with van der Waals surface area (Å²) in [4.78, 5) is 17.8. The normalized spacial score (nSPS) is 18.7. The number of hydrogen-bond acceptors (Lipinski definition) is 4. The molecule has 138 valence electrons. The number of β-amino-alcohol motifs (C(OH)–C–C–N with tert-alkyl or cyclic N) is 1. The summed E-state index contributed by atoms with van der Waals surface area (Å²) in [7, 11) is 0. The maximum atomic E-state index is 13.7. The van der Waals surface area contributed by atoms with E-state index in [9.17, 15) is 18.7 Å². The number of ether oxygens (including phenoxy) is 1. The monoisotopic (exact) mass is 363 g/mol. The summed E-state index contributed by atoms with van der Waals surface area (Å²) in [5.74, 6) is -1.68. The molecule has 0 unspecified atom stereocenters. The molecule has 3 rings (SSSR count). The number of pyridine rings is 1. The van der Waals surface area contributed by atoms with Crippen LogP contribution in [0.3, 0.4) is 0 Å². The third kappa shape index (κ3) is 3.91. The van der Waals surface area contributed by atoms with Gasteiger partial charge in [-0.15, -0.1) is 0 Å². The van der Waals surface area contributed by atoms with Crippen molar-refractivity contribution in [1.29, 1.82) is 0 Å². The number of halogens is 2. The van der Waals surface area contributed by atoms with Crippen molar-refractivity contribution in [1.82, 2.24) is 9.88 Å². The Hall–Kier alpha value is -2.74. The van der Waals surface area contributed by atoms with Gasteiger partial charge in [-0.05, 0) is 18.2 Å². The lowest BCUT2D eigenvalue weighted by molar-refractivity contribution is 0.0957. The highest BCUT2D eigenvalue weighted by atomic mass is 19.1. The van der Waals surface area contributed by atoms with Gasteiger partial charge in [0.15, 0.2) is 11.6 Å². The van der Waals surface area contributed by atoms with Crippen molar-refractivity contribution >= 4 is 11.7 Å². The molecule has 0 spiro atoms. The number of carbonyl (C=O) groups excluding carboxylic acids is 1. The number of amides is 2. The zero-order valence-corrected chi connectivity index (χ0v) is 14.4. The summed E-state index contributed by atoms with van der Waals surface area (Å²) in [6, 6.07) is 5.57. The van der Waals surface area contributed by atoms with Crippen LogP contribution >= 0.6 is 0 Å². The standard InChI is InChI=1S/C18H19F2N3O3/c1-18(2)10-23(9-15(18)24)17(25)22-12-5-6-21-16(8-12)26-14-4-3-11(19)7-13(14)20/h3-8,15,24H,9-10H2,1-2H3,(H,21,22,25)/t15-/m0/s1. The van der Waals surface area contributed by atoms with Crippen molar-refractivity contribution in [3.8, 4) is 11.6 Å². The van der Waals surface area contributed by atoms with Gasteiger partial charge in [0.1, 0.15) is 5.82 Å². The molecule has 26 heavy (non-hydrogen) atoms. The van der Waals surface area contributed by atoms with Gasteiger partial charge in [-0.1, -0.05) is 13.8 Å². The van der Waals surface area contributed by atoms with E-state index in [4.69, 9.17) is 4.74 Å². The van der Waals surface area contributed by atoms with Gasteiger partial charge in [-0.25, -0.2) is 18.6 Å². The predicted molar refractivity (Wildman–Crippen MR) is 91.0 cm³/mol. The van der Waals surface area contributed by atoms with Gasteiger partial charge in [0.05, 0.1) is 6.10 Å². The summed E-state index contributed by atoms with van der Waals surface area (Å²) < 4.78 is 31.9.